The molecular weight excluding hydrogens is 237 g/mol. The zero-order valence-corrected chi connectivity index (χ0v) is 10.4. The van der Waals surface area contributed by atoms with Gasteiger partial charge in [-0.25, -0.2) is 4.39 Å². The van der Waals surface area contributed by atoms with E-state index >= 15 is 0 Å². The van der Waals surface area contributed by atoms with Crippen LogP contribution in [-0.4, -0.2) is 5.78 Å². The summed E-state index contributed by atoms with van der Waals surface area (Å²) in [6.07, 6.45) is 0. The van der Waals surface area contributed by atoms with Gasteiger partial charge in [0.2, 0.25) is 5.78 Å². The molecule has 0 atom stereocenters. The maximum Gasteiger partial charge on any atom is 0.206 e. The zero-order valence-electron chi connectivity index (χ0n) is 9.58. The van der Waals surface area contributed by atoms with Gasteiger partial charge in [-0.1, -0.05) is 0 Å². The van der Waals surface area contributed by atoms with Crippen LogP contribution in [0.5, 0.6) is 0 Å². The van der Waals surface area contributed by atoms with Crippen molar-refractivity contribution >= 4 is 22.8 Å². The van der Waals surface area contributed by atoms with Gasteiger partial charge in [0.05, 0.1) is 10.4 Å². The summed E-state index contributed by atoms with van der Waals surface area (Å²) in [5.41, 5.74) is 7.35. The van der Waals surface area contributed by atoms with E-state index in [0.717, 1.165) is 5.56 Å². The van der Waals surface area contributed by atoms with Crippen LogP contribution in [0.1, 0.15) is 26.4 Å². The van der Waals surface area contributed by atoms with Crippen LogP contribution in [-0.2, 0) is 0 Å². The van der Waals surface area contributed by atoms with Crippen LogP contribution in [0.2, 0.25) is 0 Å². The number of halogens is 1. The molecule has 0 unspecified atom stereocenters. The number of anilines is 1. The Labute approximate surface area is 103 Å². The van der Waals surface area contributed by atoms with Crippen LogP contribution in [0.3, 0.4) is 0 Å². The topological polar surface area (TPSA) is 43.1 Å². The molecule has 4 heteroatoms. The average Bonchev–Trinajstić information content (AvgIpc) is 2.69. The van der Waals surface area contributed by atoms with Crippen molar-refractivity contribution in [3.63, 3.8) is 0 Å². The fourth-order valence-corrected chi connectivity index (χ4v) is 2.57. The summed E-state index contributed by atoms with van der Waals surface area (Å²) in [6.45, 7) is 3.44. The minimum absolute atomic E-state index is 0.0491. The van der Waals surface area contributed by atoms with Gasteiger partial charge in [-0.05, 0) is 48.6 Å². The second-order valence-corrected chi connectivity index (χ2v) is 4.88. The van der Waals surface area contributed by atoms with Gasteiger partial charge < -0.3 is 5.73 Å². The molecule has 0 saturated heterocycles. The third kappa shape index (κ3) is 2.08. The highest BCUT2D eigenvalue weighted by Gasteiger charge is 2.18. The minimum atomic E-state index is -0.489. The zero-order chi connectivity index (χ0) is 12.6. The third-order valence-electron chi connectivity index (χ3n) is 2.59. The molecular formula is C13H12FNOS. The Balaban J connectivity index is 2.55. The van der Waals surface area contributed by atoms with E-state index in [1.807, 2.05) is 18.4 Å². The second kappa shape index (κ2) is 4.30. The first-order valence-electron chi connectivity index (χ1n) is 5.15. The maximum atomic E-state index is 13.9. The fraction of sp³-hybridized carbons (Fsp3) is 0.154. The van der Waals surface area contributed by atoms with E-state index in [1.54, 1.807) is 6.92 Å². The van der Waals surface area contributed by atoms with E-state index in [9.17, 15) is 9.18 Å². The van der Waals surface area contributed by atoms with Crippen LogP contribution >= 0.6 is 11.3 Å². The Bertz CT molecular complexity index is 589. The highest BCUT2D eigenvalue weighted by Crippen LogP contribution is 2.24. The molecule has 0 spiro atoms. The lowest BCUT2D eigenvalue weighted by atomic mass is 10.0. The van der Waals surface area contributed by atoms with Crippen LogP contribution < -0.4 is 5.73 Å². The number of ketones is 1. The number of hydrogen-bond donors (Lipinski definition) is 1. The number of nitrogens with two attached hydrogens (primary N) is 1. The summed E-state index contributed by atoms with van der Waals surface area (Å²) in [7, 11) is 0. The Morgan fingerprint density at radius 3 is 2.59 bits per heavy atom. The first-order valence-corrected chi connectivity index (χ1v) is 6.03. The molecule has 0 amide bonds. The predicted octanol–water partition coefficient (Wildman–Crippen LogP) is 3.32. The number of rotatable bonds is 2. The van der Waals surface area contributed by atoms with Crippen molar-refractivity contribution in [2.24, 2.45) is 0 Å². The van der Waals surface area contributed by atoms with Crippen LogP contribution in [0, 0.1) is 19.7 Å². The highest BCUT2D eigenvalue weighted by atomic mass is 32.1. The van der Waals surface area contributed by atoms with E-state index in [-0.39, 0.29) is 11.3 Å². The molecule has 2 aromatic rings. The largest absolute Gasteiger partial charge is 0.399 e. The Morgan fingerprint density at radius 2 is 2.00 bits per heavy atom. The number of benzene rings is 1. The SMILES string of the molecule is Cc1ccsc1C(=O)c1cc(N)cc(C)c1F. The first kappa shape index (κ1) is 11.8. The predicted molar refractivity (Wildman–Crippen MR) is 68.0 cm³/mol. The van der Waals surface area contributed by atoms with Gasteiger partial charge in [0, 0.05) is 5.69 Å². The van der Waals surface area contributed by atoms with Gasteiger partial charge in [0.25, 0.3) is 0 Å². The standard InChI is InChI=1S/C13H12FNOS/c1-7-3-4-17-13(7)12(16)10-6-9(15)5-8(2)11(10)14/h3-6H,15H2,1-2H3. The molecule has 2 nitrogen and oxygen atoms in total. The van der Waals surface area contributed by atoms with E-state index in [1.165, 1.54) is 23.5 Å². The Kier molecular flexibility index (Phi) is 2.98. The van der Waals surface area contributed by atoms with Gasteiger partial charge in [-0.2, -0.15) is 0 Å². The summed E-state index contributed by atoms with van der Waals surface area (Å²) in [5.74, 6) is -0.789. The number of carbonyl (C=O) groups excluding carboxylic acids is 1. The first-order chi connectivity index (χ1) is 8.00. The van der Waals surface area contributed by atoms with Gasteiger partial charge in [-0.15, -0.1) is 11.3 Å². The quantitative estimate of drug-likeness (QED) is 0.655. The smallest absolute Gasteiger partial charge is 0.206 e. The average molecular weight is 249 g/mol. The normalized spacial score (nSPS) is 10.5. The minimum Gasteiger partial charge on any atom is -0.399 e. The van der Waals surface area contributed by atoms with Gasteiger partial charge in [0.15, 0.2) is 0 Å². The molecule has 1 aromatic heterocycles. The summed E-state index contributed by atoms with van der Waals surface area (Å²) >= 11 is 1.32. The summed E-state index contributed by atoms with van der Waals surface area (Å²) < 4.78 is 13.9. The molecule has 1 aromatic carbocycles. The molecule has 0 fully saturated rings. The molecule has 0 aliphatic rings. The van der Waals surface area contributed by atoms with Gasteiger partial charge in [0.1, 0.15) is 5.82 Å². The lowest BCUT2D eigenvalue weighted by molar-refractivity contribution is 0.103. The van der Waals surface area contributed by atoms with Crippen molar-refractivity contribution in [3.05, 3.63) is 51.0 Å². The third-order valence-corrected chi connectivity index (χ3v) is 3.61. The van der Waals surface area contributed by atoms with Crippen molar-refractivity contribution in [2.45, 2.75) is 13.8 Å². The Hall–Kier alpha value is -1.68. The monoisotopic (exact) mass is 249 g/mol. The number of carbonyl (C=O) groups is 1. The lowest BCUT2D eigenvalue weighted by Gasteiger charge is -2.06. The maximum absolute atomic E-state index is 13.9. The molecule has 0 aliphatic carbocycles. The molecule has 0 radical (unpaired) electrons. The number of nitrogen functional groups attached to an aromatic ring is 1. The van der Waals surface area contributed by atoms with Crippen LogP contribution in [0.25, 0.3) is 0 Å². The molecule has 0 aliphatic heterocycles. The number of hydrogen-bond acceptors (Lipinski definition) is 3. The van der Waals surface area contributed by atoms with E-state index in [4.69, 9.17) is 5.73 Å². The second-order valence-electron chi connectivity index (χ2n) is 3.96. The fourth-order valence-electron chi connectivity index (χ4n) is 1.69. The van der Waals surface area contributed by atoms with Crippen LogP contribution in [0.15, 0.2) is 23.6 Å². The highest BCUT2D eigenvalue weighted by molar-refractivity contribution is 7.12. The van der Waals surface area contributed by atoms with Crippen molar-refractivity contribution < 1.29 is 9.18 Å². The summed E-state index contributed by atoms with van der Waals surface area (Å²) in [5, 5.41) is 1.82. The molecule has 1 heterocycles. The Morgan fingerprint density at radius 1 is 1.29 bits per heavy atom. The molecule has 0 bridgehead atoms. The van der Waals surface area contributed by atoms with Crippen molar-refractivity contribution in [1.82, 2.24) is 0 Å². The lowest BCUT2D eigenvalue weighted by Crippen LogP contribution is -2.06. The summed E-state index contributed by atoms with van der Waals surface area (Å²) in [6, 6.07) is 4.76. The van der Waals surface area contributed by atoms with Crippen molar-refractivity contribution in [1.29, 1.82) is 0 Å². The van der Waals surface area contributed by atoms with Crippen LogP contribution in [0.4, 0.5) is 10.1 Å². The molecule has 88 valence electrons. The number of aryl methyl sites for hydroxylation is 2. The molecule has 0 saturated carbocycles. The van der Waals surface area contributed by atoms with E-state index in [2.05, 4.69) is 0 Å². The van der Waals surface area contributed by atoms with E-state index in [0.29, 0.717) is 16.1 Å². The van der Waals surface area contributed by atoms with Crippen molar-refractivity contribution in [2.75, 3.05) is 5.73 Å². The molecule has 2 N–H and O–H groups in total. The van der Waals surface area contributed by atoms with Crippen molar-refractivity contribution in [3.8, 4) is 0 Å². The summed E-state index contributed by atoms with van der Waals surface area (Å²) in [4.78, 5) is 12.7. The number of thiophene rings is 1. The molecule has 2 rings (SSSR count). The van der Waals surface area contributed by atoms with Gasteiger partial charge >= 0.3 is 0 Å². The van der Waals surface area contributed by atoms with E-state index < -0.39 is 5.82 Å². The van der Waals surface area contributed by atoms with Gasteiger partial charge in [-0.3, -0.25) is 4.79 Å². The molecule has 17 heavy (non-hydrogen) atoms.